The van der Waals surface area contributed by atoms with E-state index in [1.54, 1.807) is 0 Å². The third-order valence-electron chi connectivity index (χ3n) is 4.98. The molecule has 2 N–H and O–H groups in total. The molecule has 2 radical (unpaired) electrons. The lowest BCUT2D eigenvalue weighted by atomic mass is 9.73. The van der Waals surface area contributed by atoms with Crippen LogP contribution in [0.15, 0.2) is 35.9 Å². The molecule has 0 spiro atoms. The van der Waals surface area contributed by atoms with Gasteiger partial charge in [0.15, 0.2) is 0 Å². The number of aromatic hydroxyl groups is 2. The number of unbranched alkanes of at least 4 members (excludes halogenated alkanes) is 2. The Morgan fingerprint density at radius 3 is 2.44 bits per heavy atom. The van der Waals surface area contributed by atoms with Gasteiger partial charge in [0.05, 0.1) is 7.85 Å². The molecule has 0 saturated carbocycles. The normalized spacial score (nSPS) is 20.1. The van der Waals surface area contributed by atoms with Crippen LogP contribution in [-0.2, 0) is 6.42 Å². The summed E-state index contributed by atoms with van der Waals surface area (Å²) in [5.74, 6) is 0.741. The highest BCUT2D eigenvalue weighted by Crippen LogP contribution is 2.46. The highest BCUT2D eigenvalue weighted by Gasteiger charge is 2.29. The van der Waals surface area contributed by atoms with Crippen molar-refractivity contribution in [3.8, 4) is 11.5 Å². The zero-order valence-electron chi connectivity index (χ0n) is 17.0. The van der Waals surface area contributed by atoms with Gasteiger partial charge in [-0.1, -0.05) is 50.4 Å². The summed E-state index contributed by atoms with van der Waals surface area (Å²) in [5, 5.41) is 21.1. The Balaban J connectivity index is 0.00000105. The van der Waals surface area contributed by atoms with Crippen LogP contribution < -0.4 is 0 Å². The van der Waals surface area contributed by atoms with E-state index in [9.17, 15) is 10.2 Å². The number of hydrogen-bond acceptors (Lipinski definition) is 2. The SMILES string of the molecule is C=C(C)[C@@H]1CCC(C)=C[C@H]1c1c(O)cc(CCCCC)cc1O.[2H]C[B]. The molecule has 25 heavy (non-hydrogen) atoms. The molecule has 2 atom stereocenters. The van der Waals surface area contributed by atoms with Crippen molar-refractivity contribution in [2.24, 2.45) is 5.92 Å². The van der Waals surface area contributed by atoms with Crippen molar-refractivity contribution in [1.82, 2.24) is 0 Å². The van der Waals surface area contributed by atoms with Crippen molar-refractivity contribution in [1.29, 1.82) is 0 Å². The number of allylic oxidation sites excluding steroid dienone is 3. The molecule has 2 nitrogen and oxygen atoms in total. The van der Waals surface area contributed by atoms with Crippen LogP contribution in [0, 0.1) is 5.92 Å². The molecule has 1 aromatic rings. The average molecular weight is 341 g/mol. The number of rotatable bonds is 6. The first-order valence-corrected chi connectivity index (χ1v) is 9.22. The molecule has 136 valence electrons. The quantitative estimate of drug-likeness (QED) is 0.376. The fraction of sp³-hybridized carbons (Fsp3) is 0.545. The summed E-state index contributed by atoms with van der Waals surface area (Å²) in [5.41, 5.74) is 4.11. The predicted molar refractivity (Wildman–Crippen MR) is 109 cm³/mol. The summed E-state index contributed by atoms with van der Waals surface area (Å²) >= 11 is 0. The molecule has 1 aliphatic carbocycles. The topological polar surface area (TPSA) is 40.5 Å². The minimum atomic E-state index is 0. The summed E-state index contributed by atoms with van der Waals surface area (Å²) in [6.45, 7) is 10.4. The fourth-order valence-corrected chi connectivity index (χ4v) is 3.65. The van der Waals surface area contributed by atoms with E-state index in [0.717, 1.165) is 36.8 Å². The molecule has 0 fully saturated rings. The van der Waals surface area contributed by atoms with Crippen LogP contribution in [0.1, 0.15) is 71.3 Å². The number of aryl methyl sites for hydroxylation is 1. The fourth-order valence-electron chi connectivity index (χ4n) is 3.65. The van der Waals surface area contributed by atoms with Crippen molar-refractivity contribution >= 4 is 7.85 Å². The minimum Gasteiger partial charge on any atom is -0.507 e. The number of hydrogen-bond donors (Lipinski definition) is 2. The largest absolute Gasteiger partial charge is 0.507 e. The summed E-state index contributed by atoms with van der Waals surface area (Å²) in [7, 11) is 4.51. The maximum atomic E-state index is 10.5. The summed E-state index contributed by atoms with van der Waals surface area (Å²) in [4.78, 5) is 0. The molecule has 0 aromatic heterocycles. The molecule has 1 aliphatic rings. The first-order valence-electron chi connectivity index (χ1n) is 9.93. The van der Waals surface area contributed by atoms with E-state index >= 15 is 0 Å². The molecule has 0 saturated heterocycles. The summed E-state index contributed by atoms with van der Waals surface area (Å²) < 4.78 is 5.99. The lowest BCUT2D eigenvalue weighted by Crippen LogP contribution is -2.17. The van der Waals surface area contributed by atoms with E-state index in [1.165, 1.54) is 18.4 Å². The Labute approximate surface area is 156 Å². The number of benzene rings is 1. The Morgan fingerprint density at radius 1 is 1.32 bits per heavy atom. The average Bonchev–Trinajstić information content (AvgIpc) is 2.55. The van der Waals surface area contributed by atoms with Crippen molar-refractivity contribution in [3.05, 3.63) is 47.1 Å². The van der Waals surface area contributed by atoms with Crippen LogP contribution in [0.2, 0.25) is 6.80 Å². The van der Waals surface area contributed by atoms with Crippen LogP contribution in [0.25, 0.3) is 0 Å². The smallest absolute Gasteiger partial charge is 0.123 e. The lowest BCUT2D eigenvalue weighted by molar-refractivity contribution is 0.406. The Morgan fingerprint density at radius 2 is 1.92 bits per heavy atom. The van der Waals surface area contributed by atoms with E-state index in [2.05, 4.69) is 34.3 Å². The summed E-state index contributed by atoms with van der Waals surface area (Å²) in [6.07, 6.45) is 8.61. The van der Waals surface area contributed by atoms with Gasteiger partial charge in [0.2, 0.25) is 0 Å². The van der Waals surface area contributed by atoms with Gasteiger partial charge in [-0.2, -0.15) is 0 Å². The van der Waals surface area contributed by atoms with E-state index in [1.807, 2.05) is 19.1 Å². The van der Waals surface area contributed by atoms with Gasteiger partial charge in [-0.05, 0) is 63.1 Å². The highest BCUT2D eigenvalue weighted by atomic mass is 16.3. The van der Waals surface area contributed by atoms with E-state index < -0.39 is 0 Å². The molecule has 3 heteroatoms. The third-order valence-corrected chi connectivity index (χ3v) is 4.98. The molecule has 0 heterocycles. The second-order valence-electron chi connectivity index (χ2n) is 7.04. The molecule has 0 aliphatic heterocycles. The first-order chi connectivity index (χ1) is 12.3. The zero-order valence-corrected chi connectivity index (χ0v) is 16.0. The standard InChI is InChI=1S/C21H30O2.CH3B/c1-5-6-7-8-16-12-19(22)21(20(23)13-16)18-11-15(4)9-10-17(18)14(2)3;1-2/h11-13,17-18,22-23H,2,5-10H2,1,3-4H3;1H3/t17-,18+;/m0./s1/i;1D. The zero-order chi connectivity index (χ0) is 19.7. The van der Waals surface area contributed by atoms with Crippen LogP contribution >= 0.6 is 0 Å². The number of phenolic OH excluding ortho intramolecular Hbond substituents is 2. The second kappa shape index (κ2) is 10.4. The van der Waals surface area contributed by atoms with E-state index in [4.69, 9.17) is 1.37 Å². The van der Waals surface area contributed by atoms with Crippen LogP contribution in [0.5, 0.6) is 11.5 Å². The van der Waals surface area contributed by atoms with Gasteiger partial charge in [-0.25, -0.2) is 0 Å². The third kappa shape index (κ3) is 5.69. The van der Waals surface area contributed by atoms with Gasteiger partial charge < -0.3 is 10.2 Å². The van der Waals surface area contributed by atoms with Gasteiger partial charge in [-0.3, -0.25) is 0 Å². The molecular formula is C22H33BO2. The number of phenols is 2. The predicted octanol–water partition coefficient (Wildman–Crippen LogP) is 6.05. The Bertz CT molecular complexity index is 602. The lowest BCUT2D eigenvalue weighted by Gasteiger charge is -2.31. The van der Waals surface area contributed by atoms with Crippen molar-refractivity contribution < 1.29 is 11.6 Å². The van der Waals surface area contributed by atoms with Gasteiger partial charge in [0.1, 0.15) is 11.5 Å². The van der Waals surface area contributed by atoms with E-state index in [0.29, 0.717) is 5.56 Å². The molecular weight excluding hydrogens is 307 g/mol. The van der Waals surface area contributed by atoms with Crippen LogP contribution in [0.4, 0.5) is 0 Å². The Kier molecular flexibility index (Phi) is 8.17. The maximum Gasteiger partial charge on any atom is 0.123 e. The molecule has 0 amide bonds. The first kappa shape index (κ1) is 19.7. The monoisotopic (exact) mass is 341 g/mol. The Hall–Kier alpha value is -1.64. The van der Waals surface area contributed by atoms with Crippen LogP contribution in [-0.4, -0.2) is 18.1 Å². The second-order valence-corrected chi connectivity index (χ2v) is 7.04. The minimum absolute atomic E-state index is 0. The van der Waals surface area contributed by atoms with E-state index in [-0.39, 0.29) is 30.1 Å². The van der Waals surface area contributed by atoms with Gasteiger partial charge in [0, 0.05) is 12.9 Å². The van der Waals surface area contributed by atoms with Crippen molar-refractivity contribution in [2.75, 3.05) is 0 Å². The van der Waals surface area contributed by atoms with Gasteiger partial charge in [0.25, 0.3) is 0 Å². The van der Waals surface area contributed by atoms with Gasteiger partial charge >= 0.3 is 0 Å². The van der Waals surface area contributed by atoms with Crippen molar-refractivity contribution in [3.63, 3.8) is 0 Å². The highest BCUT2D eigenvalue weighted by molar-refractivity contribution is 6.05. The molecule has 2 rings (SSSR count). The maximum absolute atomic E-state index is 10.5. The molecule has 0 unspecified atom stereocenters. The van der Waals surface area contributed by atoms with Gasteiger partial charge in [-0.15, -0.1) is 0 Å². The van der Waals surface area contributed by atoms with Crippen LogP contribution in [0.3, 0.4) is 0 Å². The van der Waals surface area contributed by atoms with Crippen molar-refractivity contribution in [2.45, 2.75) is 72.0 Å². The molecule has 1 aromatic carbocycles. The molecule has 0 bridgehead atoms. The summed E-state index contributed by atoms with van der Waals surface area (Å²) in [6, 6.07) is 3.66.